The number of fused-ring (bicyclic) bond motifs is 5. The van der Waals surface area contributed by atoms with E-state index in [-0.39, 0.29) is 29.1 Å². The van der Waals surface area contributed by atoms with E-state index in [0.29, 0.717) is 18.3 Å². The molecule has 1 unspecified atom stereocenters. The van der Waals surface area contributed by atoms with Gasteiger partial charge in [-0.1, -0.05) is 32.1 Å². The van der Waals surface area contributed by atoms with Crippen molar-refractivity contribution in [1.29, 1.82) is 0 Å². The lowest BCUT2D eigenvalue weighted by molar-refractivity contribution is -0.103. The molecule has 4 aliphatic rings. The van der Waals surface area contributed by atoms with Crippen LogP contribution in [0.25, 0.3) is 0 Å². The maximum Gasteiger partial charge on any atom is 0.226 e. The van der Waals surface area contributed by atoms with Crippen molar-refractivity contribution in [2.45, 2.75) is 57.6 Å². The molecule has 2 fully saturated rings. The number of halogens is 1. The minimum atomic E-state index is -2.20. The molecule has 0 bridgehead atoms. The third kappa shape index (κ3) is 2.04. The third-order valence-corrected chi connectivity index (χ3v) is 7.67. The number of aliphatic hydroxyl groups excluding tert-OH is 2. The van der Waals surface area contributed by atoms with Gasteiger partial charge in [-0.25, -0.2) is 4.39 Å². The van der Waals surface area contributed by atoms with E-state index in [0.717, 1.165) is 12.8 Å². The fraction of sp³-hybridized carbons (Fsp3) is 0.789. The second-order valence-electron chi connectivity index (χ2n) is 8.80. The van der Waals surface area contributed by atoms with Crippen LogP contribution in [-0.2, 0) is 0 Å². The monoisotopic (exact) mass is 322 g/mol. The summed E-state index contributed by atoms with van der Waals surface area (Å²) in [5, 5.41) is 30.3. The maximum absolute atomic E-state index is 14.0. The van der Waals surface area contributed by atoms with Crippen molar-refractivity contribution in [2.75, 3.05) is 0 Å². The molecule has 0 saturated heterocycles. The van der Waals surface area contributed by atoms with Gasteiger partial charge in [0.05, 0.1) is 12.2 Å². The second-order valence-corrected chi connectivity index (χ2v) is 8.80. The number of hydrogen-bond acceptors (Lipinski definition) is 3. The number of aliphatic hydroxyl groups is 3. The largest absolute Gasteiger partial charge is 0.390 e. The van der Waals surface area contributed by atoms with Gasteiger partial charge in [0.1, 0.15) is 0 Å². The average molecular weight is 322 g/mol. The van der Waals surface area contributed by atoms with Crippen LogP contribution >= 0.6 is 0 Å². The lowest BCUT2D eigenvalue weighted by Gasteiger charge is -2.56. The number of hydrogen-bond donors (Lipinski definition) is 3. The Bertz CT molecular complexity index is 571. The highest BCUT2D eigenvalue weighted by Gasteiger charge is 2.61. The molecule has 3 nitrogen and oxygen atoms in total. The van der Waals surface area contributed by atoms with Crippen LogP contribution in [0.3, 0.4) is 0 Å². The van der Waals surface area contributed by atoms with Gasteiger partial charge in [0, 0.05) is 6.42 Å². The smallest absolute Gasteiger partial charge is 0.226 e. The van der Waals surface area contributed by atoms with Gasteiger partial charge < -0.3 is 15.3 Å². The highest BCUT2D eigenvalue weighted by molar-refractivity contribution is 5.25. The molecule has 0 aliphatic heterocycles. The Morgan fingerprint density at radius 1 is 1.09 bits per heavy atom. The zero-order valence-corrected chi connectivity index (χ0v) is 13.8. The minimum absolute atomic E-state index is 0.00403. The standard InChI is InChI=1S/C19H27FO3/c1-17-7-8-19(20,23)10-11(17)3-4-12-13(17)5-6-18(2)14(12)9-15(21)16(18)22/h3-4,7-8,11-16,21-23H,5-6,9-10H2,1-2H3/t11?,12-,13+,14+,15-,16+,17+,18+,19-/m1/s1. The average Bonchev–Trinajstić information content (AvgIpc) is 2.71. The van der Waals surface area contributed by atoms with Crippen molar-refractivity contribution in [3.05, 3.63) is 24.3 Å². The molecule has 0 spiro atoms. The summed E-state index contributed by atoms with van der Waals surface area (Å²) in [5.41, 5.74) is -0.384. The summed E-state index contributed by atoms with van der Waals surface area (Å²) in [6.45, 7) is 4.28. The third-order valence-electron chi connectivity index (χ3n) is 7.67. The second kappa shape index (κ2) is 4.68. The topological polar surface area (TPSA) is 60.7 Å². The first-order chi connectivity index (χ1) is 10.7. The van der Waals surface area contributed by atoms with E-state index in [4.69, 9.17) is 0 Å². The summed E-state index contributed by atoms with van der Waals surface area (Å²) in [6, 6.07) is 0. The molecule has 128 valence electrons. The molecular formula is C19H27FO3. The van der Waals surface area contributed by atoms with Crippen LogP contribution in [0.15, 0.2) is 24.3 Å². The van der Waals surface area contributed by atoms with E-state index in [1.807, 2.05) is 6.08 Å². The summed E-state index contributed by atoms with van der Waals surface area (Å²) in [5.74, 6) is -1.26. The molecular weight excluding hydrogens is 295 g/mol. The highest BCUT2D eigenvalue weighted by Crippen LogP contribution is 2.63. The maximum atomic E-state index is 14.0. The summed E-state index contributed by atoms with van der Waals surface area (Å²) in [7, 11) is 0. The van der Waals surface area contributed by atoms with E-state index in [1.165, 1.54) is 6.08 Å². The van der Waals surface area contributed by atoms with Gasteiger partial charge >= 0.3 is 0 Å². The van der Waals surface area contributed by atoms with Crippen LogP contribution in [0.2, 0.25) is 0 Å². The van der Waals surface area contributed by atoms with Crippen LogP contribution in [0, 0.1) is 34.5 Å². The first-order valence-corrected chi connectivity index (χ1v) is 8.83. The molecule has 0 radical (unpaired) electrons. The zero-order valence-electron chi connectivity index (χ0n) is 13.8. The predicted molar refractivity (Wildman–Crippen MR) is 85.0 cm³/mol. The van der Waals surface area contributed by atoms with Gasteiger partial charge in [0.15, 0.2) is 0 Å². The molecule has 0 aromatic carbocycles. The lowest BCUT2D eigenvalue weighted by Crippen LogP contribution is -2.52. The first-order valence-electron chi connectivity index (χ1n) is 8.83. The minimum Gasteiger partial charge on any atom is -0.390 e. The fourth-order valence-corrected chi connectivity index (χ4v) is 6.14. The summed E-state index contributed by atoms with van der Waals surface area (Å²) >= 11 is 0. The van der Waals surface area contributed by atoms with Gasteiger partial charge in [0.2, 0.25) is 5.85 Å². The van der Waals surface area contributed by atoms with Crippen molar-refractivity contribution in [3.63, 3.8) is 0 Å². The molecule has 0 aromatic rings. The van der Waals surface area contributed by atoms with E-state index >= 15 is 0 Å². The van der Waals surface area contributed by atoms with Crippen molar-refractivity contribution in [1.82, 2.24) is 0 Å². The number of allylic oxidation sites excluding steroid dienone is 3. The summed E-state index contributed by atoms with van der Waals surface area (Å²) < 4.78 is 14.0. The van der Waals surface area contributed by atoms with Crippen molar-refractivity contribution in [2.24, 2.45) is 34.5 Å². The van der Waals surface area contributed by atoms with Crippen LogP contribution in [-0.4, -0.2) is 33.4 Å². The molecule has 23 heavy (non-hydrogen) atoms. The van der Waals surface area contributed by atoms with E-state index in [2.05, 4.69) is 26.0 Å². The van der Waals surface area contributed by atoms with Crippen LogP contribution < -0.4 is 0 Å². The Labute approximate surface area is 136 Å². The SMILES string of the molecule is C[C@]12CC[C@H]3[C@@H](C=CC4C[C@@](O)(F)C=C[C@@]43C)[C@@H]1C[C@@H](O)[C@@H]2O. The van der Waals surface area contributed by atoms with E-state index in [1.54, 1.807) is 0 Å². The van der Waals surface area contributed by atoms with Gasteiger partial charge in [-0.2, -0.15) is 0 Å². The van der Waals surface area contributed by atoms with Gasteiger partial charge in [-0.05, 0) is 59.8 Å². The Hall–Kier alpha value is -0.710. The Kier molecular flexibility index (Phi) is 3.21. The Balaban J connectivity index is 1.71. The van der Waals surface area contributed by atoms with Crippen molar-refractivity contribution < 1.29 is 19.7 Å². The molecule has 0 heterocycles. The predicted octanol–water partition coefficient (Wildman–Crippen LogP) is 2.57. The van der Waals surface area contributed by atoms with E-state index in [9.17, 15) is 19.7 Å². The van der Waals surface area contributed by atoms with Crippen molar-refractivity contribution in [3.8, 4) is 0 Å². The Morgan fingerprint density at radius 2 is 1.83 bits per heavy atom. The van der Waals surface area contributed by atoms with Crippen LogP contribution in [0.4, 0.5) is 4.39 Å². The zero-order chi connectivity index (χ0) is 16.6. The molecule has 2 saturated carbocycles. The van der Waals surface area contributed by atoms with Crippen molar-refractivity contribution >= 4 is 0 Å². The highest BCUT2D eigenvalue weighted by atomic mass is 19.2. The van der Waals surface area contributed by atoms with E-state index < -0.39 is 18.1 Å². The molecule has 3 N–H and O–H groups in total. The quantitative estimate of drug-likeness (QED) is 0.601. The van der Waals surface area contributed by atoms with Gasteiger partial charge in [-0.3, -0.25) is 0 Å². The number of alkyl halides is 1. The summed E-state index contributed by atoms with van der Waals surface area (Å²) in [6.07, 6.45) is 8.78. The molecule has 4 heteroatoms. The van der Waals surface area contributed by atoms with Gasteiger partial charge in [0.25, 0.3) is 0 Å². The summed E-state index contributed by atoms with van der Waals surface area (Å²) in [4.78, 5) is 0. The van der Waals surface area contributed by atoms with Gasteiger partial charge in [-0.15, -0.1) is 0 Å². The number of rotatable bonds is 0. The van der Waals surface area contributed by atoms with Crippen LogP contribution in [0.1, 0.15) is 39.5 Å². The molecule has 4 aliphatic carbocycles. The normalized spacial score (nSPS) is 61.0. The molecule has 0 amide bonds. The van der Waals surface area contributed by atoms with Crippen LogP contribution in [0.5, 0.6) is 0 Å². The fourth-order valence-electron chi connectivity index (χ4n) is 6.14. The lowest BCUT2D eigenvalue weighted by atomic mass is 9.48. The molecule has 0 aromatic heterocycles. The molecule has 4 rings (SSSR count). The Morgan fingerprint density at radius 3 is 2.57 bits per heavy atom. The molecule has 9 atom stereocenters. The first kappa shape index (κ1) is 15.8.